The van der Waals surface area contributed by atoms with Gasteiger partial charge in [0.15, 0.2) is 0 Å². The number of rotatable bonds is 3. The molecule has 1 aliphatic heterocycles. The standard InChI is InChI=1S/C13H17N5/c1-17(2)11-5-3-10(4-6-11)13-9-18(16-15-13)12-7-14-8-12/h3-6,9,12,14H,7-8H2,1-2H3. The molecule has 0 bridgehead atoms. The quantitative estimate of drug-likeness (QED) is 0.878. The zero-order valence-corrected chi connectivity index (χ0v) is 10.7. The van der Waals surface area contributed by atoms with Crippen LogP contribution in [0.2, 0.25) is 0 Å². The van der Waals surface area contributed by atoms with Crippen molar-refractivity contribution in [2.24, 2.45) is 0 Å². The van der Waals surface area contributed by atoms with Crippen LogP contribution in [0.1, 0.15) is 6.04 Å². The van der Waals surface area contributed by atoms with Gasteiger partial charge in [-0.2, -0.15) is 0 Å². The summed E-state index contributed by atoms with van der Waals surface area (Å²) >= 11 is 0. The second-order valence-electron chi connectivity index (χ2n) is 4.84. The van der Waals surface area contributed by atoms with E-state index in [0.29, 0.717) is 6.04 Å². The van der Waals surface area contributed by atoms with Gasteiger partial charge in [0.05, 0.1) is 12.2 Å². The molecule has 5 nitrogen and oxygen atoms in total. The van der Waals surface area contributed by atoms with Crippen LogP contribution in [0, 0.1) is 0 Å². The van der Waals surface area contributed by atoms with E-state index in [-0.39, 0.29) is 0 Å². The molecule has 0 amide bonds. The Hall–Kier alpha value is -1.88. The molecule has 2 aromatic rings. The van der Waals surface area contributed by atoms with Crippen molar-refractivity contribution >= 4 is 5.69 Å². The van der Waals surface area contributed by atoms with Gasteiger partial charge >= 0.3 is 0 Å². The molecule has 18 heavy (non-hydrogen) atoms. The van der Waals surface area contributed by atoms with Gasteiger partial charge in [0, 0.05) is 38.4 Å². The van der Waals surface area contributed by atoms with E-state index in [1.807, 2.05) is 25.0 Å². The van der Waals surface area contributed by atoms with Crippen LogP contribution in [-0.4, -0.2) is 42.2 Å². The maximum absolute atomic E-state index is 4.24. The first-order chi connectivity index (χ1) is 8.74. The second-order valence-corrected chi connectivity index (χ2v) is 4.84. The summed E-state index contributed by atoms with van der Waals surface area (Å²) in [5.41, 5.74) is 3.24. The Morgan fingerprint density at radius 1 is 1.22 bits per heavy atom. The summed E-state index contributed by atoms with van der Waals surface area (Å²) < 4.78 is 1.95. The molecule has 2 heterocycles. The van der Waals surface area contributed by atoms with Crippen molar-refractivity contribution in [3.8, 4) is 11.3 Å². The van der Waals surface area contributed by atoms with Crippen molar-refractivity contribution in [1.82, 2.24) is 20.3 Å². The average Bonchev–Trinajstić information content (AvgIpc) is 2.76. The molecule has 1 fully saturated rings. The first kappa shape index (κ1) is 11.2. The molecule has 1 aromatic carbocycles. The van der Waals surface area contributed by atoms with Crippen molar-refractivity contribution in [2.75, 3.05) is 32.1 Å². The number of nitrogens with one attached hydrogen (secondary N) is 1. The molecule has 0 radical (unpaired) electrons. The number of hydrogen-bond donors (Lipinski definition) is 1. The molecule has 1 aromatic heterocycles. The summed E-state index contributed by atoms with van der Waals surface area (Å²) in [6.07, 6.45) is 2.02. The van der Waals surface area contributed by atoms with Crippen LogP contribution >= 0.6 is 0 Å². The molecular weight excluding hydrogens is 226 g/mol. The summed E-state index contributed by atoms with van der Waals surface area (Å²) in [4.78, 5) is 2.08. The van der Waals surface area contributed by atoms with E-state index >= 15 is 0 Å². The van der Waals surface area contributed by atoms with Gasteiger partial charge < -0.3 is 10.2 Å². The first-order valence-corrected chi connectivity index (χ1v) is 6.14. The van der Waals surface area contributed by atoms with Gasteiger partial charge in [-0.05, 0) is 12.1 Å². The monoisotopic (exact) mass is 243 g/mol. The Morgan fingerprint density at radius 2 is 1.94 bits per heavy atom. The van der Waals surface area contributed by atoms with E-state index in [2.05, 4.69) is 44.8 Å². The maximum Gasteiger partial charge on any atom is 0.113 e. The Labute approximate surface area is 106 Å². The van der Waals surface area contributed by atoms with Crippen LogP contribution in [0.3, 0.4) is 0 Å². The van der Waals surface area contributed by atoms with Crippen LogP contribution in [0.15, 0.2) is 30.5 Å². The molecular formula is C13H17N5. The lowest BCUT2D eigenvalue weighted by molar-refractivity contribution is 0.313. The fourth-order valence-electron chi connectivity index (χ4n) is 1.98. The van der Waals surface area contributed by atoms with Gasteiger partial charge in [0.25, 0.3) is 0 Å². The second kappa shape index (κ2) is 4.42. The summed E-state index contributed by atoms with van der Waals surface area (Å²) in [5, 5.41) is 11.7. The highest BCUT2D eigenvalue weighted by atomic mass is 15.4. The summed E-state index contributed by atoms with van der Waals surface area (Å²) in [7, 11) is 4.07. The SMILES string of the molecule is CN(C)c1ccc(-c2cn(C3CNC3)nn2)cc1. The van der Waals surface area contributed by atoms with E-state index < -0.39 is 0 Å². The third-order valence-electron chi connectivity index (χ3n) is 3.32. The zero-order valence-electron chi connectivity index (χ0n) is 10.7. The van der Waals surface area contributed by atoms with Crippen LogP contribution < -0.4 is 10.2 Å². The van der Waals surface area contributed by atoms with E-state index in [1.54, 1.807) is 0 Å². The molecule has 94 valence electrons. The third kappa shape index (κ3) is 1.97. The Kier molecular flexibility index (Phi) is 2.76. The lowest BCUT2D eigenvalue weighted by Crippen LogP contribution is -2.43. The number of nitrogens with zero attached hydrogens (tertiary/aromatic N) is 4. The maximum atomic E-state index is 4.24. The fourth-order valence-corrected chi connectivity index (χ4v) is 1.98. The number of aromatic nitrogens is 3. The molecule has 0 unspecified atom stereocenters. The number of hydrogen-bond acceptors (Lipinski definition) is 4. The topological polar surface area (TPSA) is 46.0 Å². The van der Waals surface area contributed by atoms with Crippen LogP contribution in [0.25, 0.3) is 11.3 Å². The molecule has 1 saturated heterocycles. The normalized spacial score (nSPS) is 15.4. The van der Waals surface area contributed by atoms with E-state index in [9.17, 15) is 0 Å². The Balaban J connectivity index is 1.83. The molecule has 0 atom stereocenters. The summed E-state index contributed by atoms with van der Waals surface area (Å²) in [6.45, 7) is 1.98. The summed E-state index contributed by atoms with van der Waals surface area (Å²) in [6, 6.07) is 8.83. The van der Waals surface area contributed by atoms with Gasteiger partial charge in [-0.25, -0.2) is 4.68 Å². The lowest BCUT2D eigenvalue weighted by atomic mass is 10.1. The van der Waals surface area contributed by atoms with Crippen LogP contribution in [-0.2, 0) is 0 Å². The largest absolute Gasteiger partial charge is 0.378 e. The minimum absolute atomic E-state index is 0.465. The molecule has 0 saturated carbocycles. The fraction of sp³-hybridized carbons (Fsp3) is 0.385. The molecule has 0 aliphatic carbocycles. The molecule has 3 rings (SSSR count). The van der Waals surface area contributed by atoms with Crippen LogP contribution in [0.5, 0.6) is 0 Å². The average molecular weight is 243 g/mol. The highest BCUT2D eigenvalue weighted by molar-refractivity contribution is 5.62. The van der Waals surface area contributed by atoms with Crippen LogP contribution in [0.4, 0.5) is 5.69 Å². The predicted octanol–water partition coefficient (Wildman–Crippen LogP) is 1.16. The van der Waals surface area contributed by atoms with Gasteiger partial charge in [-0.15, -0.1) is 5.10 Å². The molecule has 1 aliphatic rings. The molecule has 1 N–H and O–H groups in total. The van der Waals surface area contributed by atoms with Crippen molar-refractivity contribution in [2.45, 2.75) is 6.04 Å². The van der Waals surface area contributed by atoms with Gasteiger partial charge in [-0.1, -0.05) is 17.3 Å². The number of benzene rings is 1. The van der Waals surface area contributed by atoms with Crippen molar-refractivity contribution in [3.63, 3.8) is 0 Å². The minimum atomic E-state index is 0.465. The van der Waals surface area contributed by atoms with Crippen molar-refractivity contribution < 1.29 is 0 Å². The Morgan fingerprint density at radius 3 is 2.50 bits per heavy atom. The van der Waals surface area contributed by atoms with Crippen molar-refractivity contribution in [1.29, 1.82) is 0 Å². The summed E-state index contributed by atoms with van der Waals surface area (Å²) in [5.74, 6) is 0. The highest BCUT2D eigenvalue weighted by Crippen LogP contribution is 2.21. The zero-order chi connectivity index (χ0) is 12.5. The van der Waals surface area contributed by atoms with Gasteiger partial charge in [0.2, 0.25) is 0 Å². The van der Waals surface area contributed by atoms with Gasteiger partial charge in [0.1, 0.15) is 5.69 Å². The van der Waals surface area contributed by atoms with Crippen molar-refractivity contribution in [3.05, 3.63) is 30.5 Å². The third-order valence-corrected chi connectivity index (χ3v) is 3.32. The minimum Gasteiger partial charge on any atom is -0.378 e. The predicted molar refractivity (Wildman–Crippen MR) is 71.7 cm³/mol. The Bertz CT molecular complexity index is 525. The van der Waals surface area contributed by atoms with E-state index in [1.165, 1.54) is 5.69 Å². The first-order valence-electron chi connectivity index (χ1n) is 6.14. The van der Waals surface area contributed by atoms with E-state index in [0.717, 1.165) is 24.3 Å². The highest BCUT2D eigenvalue weighted by Gasteiger charge is 2.20. The smallest absolute Gasteiger partial charge is 0.113 e. The molecule has 5 heteroatoms. The van der Waals surface area contributed by atoms with E-state index in [4.69, 9.17) is 0 Å². The van der Waals surface area contributed by atoms with Gasteiger partial charge in [-0.3, -0.25) is 0 Å². The number of anilines is 1. The molecule has 0 spiro atoms. The lowest BCUT2D eigenvalue weighted by Gasteiger charge is -2.26.